The van der Waals surface area contributed by atoms with Crippen molar-refractivity contribution in [3.05, 3.63) is 23.8 Å². The summed E-state index contributed by atoms with van der Waals surface area (Å²) in [6.07, 6.45) is 4.66. The zero-order valence-corrected chi connectivity index (χ0v) is 12.2. The number of hydrogen-bond acceptors (Lipinski definition) is 3. The number of nitrogens with two attached hydrogens (primary N) is 1. The summed E-state index contributed by atoms with van der Waals surface area (Å²) >= 11 is 0. The second-order valence-corrected chi connectivity index (χ2v) is 5.29. The molecule has 1 aliphatic rings. The summed E-state index contributed by atoms with van der Waals surface area (Å²) in [7, 11) is 0. The van der Waals surface area contributed by atoms with Gasteiger partial charge in [0.1, 0.15) is 11.9 Å². The monoisotopic (exact) mass is 262 g/mol. The Hall–Kier alpha value is -1.22. The second kappa shape index (κ2) is 6.80. The van der Waals surface area contributed by atoms with Gasteiger partial charge in [0.25, 0.3) is 0 Å². The lowest BCUT2D eigenvalue weighted by Gasteiger charge is -2.36. The third-order valence-electron chi connectivity index (χ3n) is 3.70. The molecule has 1 aliphatic heterocycles. The van der Waals surface area contributed by atoms with Gasteiger partial charge < -0.3 is 15.4 Å². The van der Waals surface area contributed by atoms with Crippen LogP contribution in [-0.4, -0.2) is 25.7 Å². The molecule has 0 saturated heterocycles. The molecule has 1 aromatic carbocycles. The highest BCUT2D eigenvalue weighted by Crippen LogP contribution is 2.35. The van der Waals surface area contributed by atoms with E-state index in [-0.39, 0.29) is 0 Å². The molecule has 3 nitrogen and oxygen atoms in total. The van der Waals surface area contributed by atoms with E-state index >= 15 is 0 Å². The first kappa shape index (κ1) is 14.2. The number of aryl methyl sites for hydroxylation is 1. The average Bonchev–Trinajstić information content (AvgIpc) is 2.45. The van der Waals surface area contributed by atoms with Gasteiger partial charge in [-0.15, -0.1) is 0 Å². The highest BCUT2D eigenvalue weighted by Gasteiger charge is 2.24. The highest BCUT2D eigenvalue weighted by atomic mass is 16.5. The van der Waals surface area contributed by atoms with E-state index in [1.807, 2.05) is 0 Å². The Morgan fingerprint density at radius 2 is 2.21 bits per heavy atom. The number of hydrogen-bond donors (Lipinski definition) is 1. The Morgan fingerprint density at radius 1 is 1.37 bits per heavy atom. The lowest BCUT2D eigenvalue weighted by molar-refractivity contribution is 0.189. The molecule has 2 N–H and O–H groups in total. The van der Waals surface area contributed by atoms with Crippen LogP contribution < -0.4 is 15.4 Å². The molecule has 0 aromatic heterocycles. The topological polar surface area (TPSA) is 38.5 Å². The minimum absolute atomic E-state index is 0.328. The summed E-state index contributed by atoms with van der Waals surface area (Å²) < 4.78 is 6.05. The van der Waals surface area contributed by atoms with Crippen molar-refractivity contribution >= 4 is 5.69 Å². The quantitative estimate of drug-likeness (QED) is 0.856. The number of nitrogens with zero attached hydrogens (tertiary/aromatic N) is 1. The van der Waals surface area contributed by atoms with Crippen molar-refractivity contribution in [2.24, 2.45) is 5.73 Å². The Bertz CT molecular complexity index is 406. The predicted octanol–water partition coefficient (Wildman–Crippen LogP) is 2.97. The third-order valence-corrected chi connectivity index (χ3v) is 3.70. The molecule has 0 aliphatic carbocycles. The fourth-order valence-corrected chi connectivity index (χ4v) is 2.63. The van der Waals surface area contributed by atoms with Gasteiger partial charge in [0, 0.05) is 6.54 Å². The van der Waals surface area contributed by atoms with E-state index in [1.165, 1.54) is 17.7 Å². The molecule has 0 amide bonds. The maximum atomic E-state index is 6.05. The average molecular weight is 262 g/mol. The molecule has 3 heteroatoms. The van der Waals surface area contributed by atoms with E-state index in [4.69, 9.17) is 10.5 Å². The third kappa shape index (κ3) is 3.41. The van der Waals surface area contributed by atoms with Gasteiger partial charge in [-0.25, -0.2) is 0 Å². The molecule has 1 aromatic rings. The zero-order chi connectivity index (χ0) is 13.7. The van der Waals surface area contributed by atoms with E-state index < -0.39 is 0 Å². The van der Waals surface area contributed by atoms with Crippen molar-refractivity contribution in [2.75, 3.05) is 24.5 Å². The van der Waals surface area contributed by atoms with E-state index in [9.17, 15) is 0 Å². The van der Waals surface area contributed by atoms with E-state index in [1.54, 1.807) is 0 Å². The van der Waals surface area contributed by atoms with Gasteiger partial charge in [0.05, 0.1) is 12.2 Å². The first-order valence-corrected chi connectivity index (χ1v) is 7.53. The summed E-state index contributed by atoms with van der Waals surface area (Å²) in [5.74, 6) is 1.04. The first-order valence-electron chi connectivity index (χ1n) is 7.53. The second-order valence-electron chi connectivity index (χ2n) is 5.29. The fourth-order valence-electron chi connectivity index (χ4n) is 2.63. The maximum absolute atomic E-state index is 6.05. The number of rotatable bonds is 6. The van der Waals surface area contributed by atoms with Crippen molar-refractivity contribution in [1.29, 1.82) is 0 Å². The lowest BCUT2D eigenvalue weighted by atomic mass is 10.1. The van der Waals surface area contributed by atoms with Crippen molar-refractivity contribution < 1.29 is 4.74 Å². The molecule has 0 saturated carbocycles. The summed E-state index contributed by atoms with van der Waals surface area (Å²) in [4.78, 5) is 2.47. The van der Waals surface area contributed by atoms with E-state index in [0.717, 1.165) is 44.6 Å². The van der Waals surface area contributed by atoms with Crippen LogP contribution in [0, 0.1) is 0 Å². The molecule has 106 valence electrons. The summed E-state index contributed by atoms with van der Waals surface area (Å²) in [5, 5.41) is 0. The minimum atomic E-state index is 0.328. The largest absolute Gasteiger partial charge is 0.486 e. The first-order chi connectivity index (χ1) is 9.28. The van der Waals surface area contributed by atoms with Crippen LogP contribution in [-0.2, 0) is 6.42 Å². The molecule has 0 fully saturated rings. The van der Waals surface area contributed by atoms with Crippen LogP contribution in [0.3, 0.4) is 0 Å². The van der Waals surface area contributed by atoms with Crippen LogP contribution in [0.1, 0.15) is 38.7 Å². The van der Waals surface area contributed by atoms with Gasteiger partial charge >= 0.3 is 0 Å². The summed E-state index contributed by atoms with van der Waals surface area (Å²) in [5.41, 5.74) is 8.22. The molecule has 0 spiro atoms. The smallest absolute Gasteiger partial charge is 0.143 e. The van der Waals surface area contributed by atoms with Crippen LogP contribution in [0.15, 0.2) is 18.2 Å². The van der Waals surface area contributed by atoms with Gasteiger partial charge in [-0.1, -0.05) is 19.9 Å². The molecule has 1 heterocycles. The minimum Gasteiger partial charge on any atom is -0.486 e. The normalized spacial score (nSPS) is 18.1. The molecule has 0 bridgehead atoms. The molecule has 19 heavy (non-hydrogen) atoms. The molecule has 2 rings (SSSR count). The Labute approximate surface area is 116 Å². The molecule has 1 unspecified atom stereocenters. The van der Waals surface area contributed by atoms with Gasteiger partial charge in [0.15, 0.2) is 0 Å². The standard InChI is InChI=1S/C16H26N2O/c1-3-10-18-12-14(4-2)19-16-8-7-13(6-5-9-17)11-15(16)18/h7-8,11,14H,3-6,9-10,12,17H2,1-2H3. The number of ether oxygens (including phenoxy) is 1. The Kier molecular flexibility index (Phi) is 5.08. The van der Waals surface area contributed by atoms with Crippen molar-refractivity contribution in [1.82, 2.24) is 0 Å². The van der Waals surface area contributed by atoms with Gasteiger partial charge in [-0.3, -0.25) is 0 Å². The SMILES string of the molecule is CCCN1CC(CC)Oc2ccc(CCCN)cc21. The lowest BCUT2D eigenvalue weighted by Crippen LogP contribution is -2.40. The van der Waals surface area contributed by atoms with Crippen LogP contribution >= 0.6 is 0 Å². The van der Waals surface area contributed by atoms with Crippen LogP contribution in [0.4, 0.5) is 5.69 Å². The zero-order valence-electron chi connectivity index (χ0n) is 12.2. The number of anilines is 1. The van der Waals surface area contributed by atoms with Gasteiger partial charge in [-0.05, 0) is 49.9 Å². The van der Waals surface area contributed by atoms with Crippen molar-refractivity contribution in [3.8, 4) is 5.75 Å². The molecule has 0 radical (unpaired) electrons. The van der Waals surface area contributed by atoms with Crippen molar-refractivity contribution in [2.45, 2.75) is 45.6 Å². The van der Waals surface area contributed by atoms with Crippen LogP contribution in [0.25, 0.3) is 0 Å². The van der Waals surface area contributed by atoms with E-state index in [0.29, 0.717) is 6.10 Å². The molecule has 1 atom stereocenters. The van der Waals surface area contributed by atoms with E-state index in [2.05, 4.69) is 36.9 Å². The summed E-state index contributed by atoms with van der Waals surface area (Å²) in [6, 6.07) is 6.59. The molecular weight excluding hydrogens is 236 g/mol. The number of fused-ring (bicyclic) bond motifs is 1. The van der Waals surface area contributed by atoms with Crippen molar-refractivity contribution in [3.63, 3.8) is 0 Å². The number of benzene rings is 1. The Morgan fingerprint density at radius 3 is 2.89 bits per heavy atom. The fraction of sp³-hybridized carbons (Fsp3) is 0.625. The Balaban J connectivity index is 2.21. The van der Waals surface area contributed by atoms with Gasteiger partial charge in [0.2, 0.25) is 0 Å². The highest BCUT2D eigenvalue weighted by molar-refractivity contribution is 5.61. The predicted molar refractivity (Wildman–Crippen MR) is 81.0 cm³/mol. The maximum Gasteiger partial charge on any atom is 0.143 e. The summed E-state index contributed by atoms with van der Waals surface area (Å²) in [6.45, 7) is 7.29. The van der Waals surface area contributed by atoms with Crippen LogP contribution in [0.2, 0.25) is 0 Å². The molecular formula is C16H26N2O. The van der Waals surface area contributed by atoms with Gasteiger partial charge in [-0.2, -0.15) is 0 Å². The van der Waals surface area contributed by atoms with Crippen LogP contribution in [0.5, 0.6) is 5.75 Å².